The monoisotopic (exact) mass is 145 g/mol. The molecule has 1 N–H and O–H groups in total. The summed E-state index contributed by atoms with van der Waals surface area (Å²) in [6, 6.07) is 0. The molecule has 3 nitrogen and oxygen atoms in total. The van der Waals surface area contributed by atoms with Crippen molar-refractivity contribution >= 4 is 0 Å². The van der Waals surface area contributed by atoms with Crippen LogP contribution < -0.4 is 5.32 Å². The highest BCUT2D eigenvalue weighted by atomic mass is 16.5. The predicted octanol–water partition coefficient (Wildman–Crippen LogP) is 0.359. The van der Waals surface area contributed by atoms with Crippen LogP contribution in [-0.4, -0.2) is 32.6 Å². The Balaban J connectivity index is 2.15. The molecular weight excluding hydrogens is 130 g/mol. The molecule has 1 unspecified atom stereocenters. The van der Waals surface area contributed by atoms with Crippen LogP contribution in [0.4, 0.5) is 0 Å². The molecule has 0 radical (unpaired) electrons. The van der Waals surface area contributed by atoms with Gasteiger partial charge in [0.25, 0.3) is 0 Å². The summed E-state index contributed by atoms with van der Waals surface area (Å²) >= 11 is 0. The summed E-state index contributed by atoms with van der Waals surface area (Å²) in [7, 11) is 0. The minimum absolute atomic E-state index is 0.118. The van der Waals surface area contributed by atoms with Gasteiger partial charge in [0.05, 0.1) is 6.61 Å². The van der Waals surface area contributed by atoms with Crippen molar-refractivity contribution < 1.29 is 9.47 Å². The van der Waals surface area contributed by atoms with Gasteiger partial charge in [-0.3, -0.25) is 5.32 Å². The molecule has 1 saturated heterocycles. The van der Waals surface area contributed by atoms with Crippen LogP contribution in [0, 0.1) is 0 Å². The second-order valence-corrected chi connectivity index (χ2v) is 2.33. The fraction of sp³-hybridized carbons (Fsp3) is 1.00. The third kappa shape index (κ3) is 2.64. The standard InChI is InChI=1S/C7H15NO2/c1-2-10-7-6-9-5-3-4-8-7/h7-8H,2-6H2,1H3. The zero-order valence-corrected chi connectivity index (χ0v) is 6.43. The maximum atomic E-state index is 5.33. The molecule has 1 heterocycles. The molecule has 0 bridgehead atoms. The lowest BCUT2D eigenvalue weighted by atomic mass is 10.4. The maximum absolute atomic E-state index is 5.33. The Bertz CT molecular complexity index is 79.7. The summed E-state index contributed by atoms with van der Waals surface area (Å²) in [5.74, 6) is 0. The van der Waals surface area contributed by atoms with E-state index in [-0.39, 0.29) is 6.23 Å². The molecular formula is C7H15NO2. The van der Waals surface area contributed by atoms with Crippen LogP contribution in [0.3, 0.4) is 0 Å². The zero-order valence-electron chi connectivity index (χ0n) is 6.43. The molecule has 0 aromatic carbocycles. The molecule has 1 fully saturated rings. The Labute approximate surface area is 61.7 Å². The van der Waals surface area contributed by atoms with E-state index in [1.165, 1.54) is 0 Å². The van der Waals surface area contributed by atoms with Crippen molar-refractivity contribution in [1.29, 1.82) is 0 Å². The van der Waals surface area contributed by atoms with E-state index in [1.54, 1.807) is 0 Å². The van der Waals surface area contributed by atoms with Gasteiger partial charge < -0.3 is 9.47 Å². The molecule has 3 heteroatoms. The Morgan fingerprint density at radius 1 is 1.70 bits per heavy atom. The second-order valence-electron chi connectivity index (χ2n) is 2.33. The van der Waals surface area contributed by atoms with Gasteiger partial charge in [-0.15, -0.1) is 0 Å². The largest absolute Gasteiger partial charge is 0.377 e. The van der Waals surface area contributed by atoms with Crippen LogP contribution in [0.1, 0.15) is 13.3 Å². The van der Waals surface area contributed by atoms with E-state index in [1.807, 2.05) is 6.92 Å². The highest BCUT2D eigenvalue weighted by Gasteiger charge is 2.09. The Hall–Kier alpha value is -0.120. The first-order valence-corrected chi connectivity index (χ1v) is 3.86. The molecule has 0 aliphatic carbocycles. The summed E-state index contributed by atoms with van der Waals surface area (Å²) in [4.78, 5) is 0. The van der Waals surface area contributed by atoms with Crippen molar-refractivity contribution in [2.75, 3.05) is 26.4 Å². The lowest BCUT2D eigenvalue weighted by Crippen LogP contribution is -2.34. The summed E-state index contributed by atoms with van der Waals surface area (Å²) in [5, 5.41) is 3.24. The predicted molar refractivity (Wildman–Crippen MR) is 38.9 cm³/mol. The minimum Gasteiger partial charge on any atom is -0.377 e. The molecule has 1 rings (SSSR count). The fourth-order valence-corrected chi connectivity index (χ4v) is 0.995. The van der Waals surface area contributed by atoms with Crippen molar-refractivity contribution in [3.8, 4) is 0 Å². The van der Waals surface area contributed by atoms with Gasteiger partial charge in [-0.2, -0.15) is 0 Å². The number of nitrogens with one attached hydrogen (secondary N) is 1. The molecule has 0 spiro atoms. The number of rotatable bonds is 2. The van der Waals surface area contributed by atoms with Crippen molar-refractivity contribution in [2.45, 2.75) is 19.6 Å². The zero-order chi connectivity index (χ0) is 7.23. The molecule has 0 aromatic heterocycles. The first-order chi connectivity index (χ1) is 4.93. The summed E-state index contributed by atoms with van der Waals surface area (Å²) < 4.78 is 10.6. The summed E-state index contributed by atoms with van der Waals surface area (Å²) in [6.45, 7) is 5.29. The molecule has 0 saturated carbocycles. The molecule has 60 valence electrons. The first-order valence-electron chi connectivity index (χ1n) is 3.86. The van der Waals surface area contributed by atoms with E-state index in [4.69, 9.17) is 9.47 Å². The maximum Gasteiger partial charge on any atom is 0.131 e. The smallest absolute Gasteiger partial charge is 0.131 e. The van der Waals surface area contributed by atoms with E-state index in [0.29, 0.717) is 6.61 Å². The average molecular weight is 145 g/mol. The van der Waals surface area contributed by atoms with Crippen molar-refractivity contribution in [2.24, 2.45) is 0 Å². The number of hydrogen-bond donors (Lipinski definition) is 1. The van der Waals surface area contributed by atoms with Crippen LogP contribution in [0.25, 0.3) is 0 Å². The third-order valence-corrected chi connectivity index (χ3v) is 1.47. The Morgan fingerprint density at radius 2 is 2.60 bits per heavy atom. The lowest BCUT2D eigenvalue weighted by Gasteiger charge is -2.14. The van der Waals surface area contributed by atoms with Gasteiger partial charge in [-0.1, -0.05) is 0 Å². The quantitative estimate of drug-likeness (QED) is 0.608. The highest BCUT2D eigenvalue weighted by molar-refractivity contribution is 4.58. The molecule has 0 amide bonds. The van der Waals surface area contributed by atoms with Crippen molar-refractivity contribution in [3.05, 3.63) is 0 Å². The van der Waals surface area contributed by atoms with Crippen LogP contribution in [-0.2, 0) is 9.47 Å². The Kier molecular flexibility index (Phi) is 3.72. The van der Waals surface area contributed by atoms with Gasteiger partial charge in [-0.05, 0) is 19.9 Å². The van der Waals surface area contributed by atoms with Crippen LogP contribution in [0.5, 0.6) is 0 Å². The van der Waals surface area contributed by atoms with Crippen LogP contribution >= 0.6 is 0 Å². The minimum atomic E-state index is 0.118. The highest BCUT2D eigenvalue weighted by Crippen LogP contribution is 1.95. The van der Waals surface area contributed by atoms with Crippen LogP contribution in [0.2, 0.25) is 0 Å². The number of hydrogen-bond acceptors (Lipinski definition) is 3. The number of ether oxygens (including phenoxy) is 2. The molecule has 1 aliphatic heterocycles. The molecule has 10 heavy (non-hydrogen) atoms. The molecule has 1 atom stereocenters. The van der Waals surface area contributed by atoms with E-state index < -0.39 is 0 Å². The van der Waals surface area contributed by atoms with Gasteiger partial charge in [0.15, 0.2) is 0 Å². The fourth-order valence-electron chi connectivity index (χ4n) is 0.995. The SMILES string of the molecule is CCOC1COCCCN1. The topological polar surface area (TPSA) is 30.5 Å². The van der Waals surface area contributed by atoms with Gasteiger partial charge in [0.2, 0.25) is 0 Å². The third-order valence-electron chi connectivity index (χ3n) is 1.47. The van der Waals surface area contributed by atoms with Gasteiger partial charge >= 0.3 is 0 Å². The van der Waals surface area contributed by atoms with E-state index in [2.05, 4.69) is 5.32 Å². The normalized spacial score (nSPS) is 27.9. The molecule has 1 aliphatic rings. The van der Waals surface area contributed by atoms with Crippen molar-refractivity contribution in [1.82, 2.24) is 5.32 Å². The lowest BCUT2D eigenvalue weighted by molar-refractivity contribution is -0.0140. The second kappa shape index (κ2) is 4.66. The molecule has 0 aromatic rings. The van der Waals surface area contributed by atoms with E-state index in [9.17, 15) is 0 Å². The summed E-state index contributed by atoms with van der Waals surface area (Å²) in [5.41, 5.74) is 0. The summed E-state index contributed by atoms with van der Waals surface area (Å²) in [6.07, 6.45) is 1.20. The first kappa shape index (κ1) is 7.98. The van der Waals surface area contributed by atoms with E-state index in [0.717, 1.165) is 26.2 Å². The van der Waals surface area contributed by atoms with Crippen LogP contribution in [0.15, 0.2) is 0 Å². The average Bonchev–Trinajstić information content (AvgIpc) is 2.17. The van der Waals surface area contributed by atoms with E-state index >= 15 is 0 Å². The van der Waals surface area contributed by atoms with Crippen molar-refractivity contribution in [3.63, 3.8) is 0 Å². The van der Waals surface area contributed by atoms with Gasteiger partial charge in [-0.25, -0.2) is 0 Å². The van der Waals surface area contributed by atoms with Gasteiger partial charge in [0.1, 0.15) is 6.23 Å². The van der Waals surface area contributed by atoms with Gasteiger partial charge in [0, 0.05) is 13.2 Å². The Morgan fingerprint density at radius 3 is 3.40 bits per heavy atom.